The molecule has 2 bridgehead atoms. The number of fused-ring (bicyclic) bond motifs is 6. The van der Waals surface area contributed by atoms with Gasteiger partial charge in [-0.05, 0) is 70.3 Å². The van der Waals surface area contributed by atoms with E-state index in [0.29, 0.717) is 30.1 Å². The van der Waals surface area contributed by atoms with Gasteiger partial charge in [-0.3, -0.25) is 9.59 Å². The molecule has 160 valence electrons. The van der Waals surface area contributed by atoms with Crippen molar-refractivity contribution in [2.24, 2.45) is 10.8 Å². The van der Waals surface area contributed by atoms with Crippen molar-refractivity contribution in [3.8, 4) is 0 Å². The van der Waals surface area contributed by atoms with Gasteiger partial charge in [-0.25, -0.2) is 0 Å². The molecule has 1 spiro atoms. The van der Waals surface area contributed by atoms with Crippen LogP contribution >= 0.6 is 23.5 Å². The van der Waals surface area contributed by atoms with E-state index in [1.54, 1.807) is 0 Å². The largest absolute Gasteiger partial charge is 0.466 e. The van der Waals surface area contributed by atoms with Crippen molar-refractivity contribution in [3.05, 3.63) is 0 Å². The number of hydrogen-bond donors (Lipinski definition) is 0. The van der Waals surface area contributed by atoms with Crippen LogP contribution in [0.2, 0.25) is 0 Å². The molecule has 0 amide bonds. The Kier molecular flexibility index (Phi) is 7.68. The maximum Gasteiger partial charge on any atom is 0.312 e. The summed E-state index contributed by atoms with van der Waals surface area (Å²) in [6.45, 7) is 4.54. The van der Waals surface area contributed by atoms with Crippen molar-refractivity contribution in [1.29, 1.82) is 0 Å². The van der Waals surface area contributed by atoms with Crippen LogP contribution in [0.15, 0.2) is 0 Å². The lowest BCUT2D eigenvalue weighted by Crippen LogP contribution is -2.56. The zero-order chi connectivity index (χ0) is 20.1. The van der Waals surface area contributed by atoms with Crippen LogP contribution in [-0.2, 0) is 19.1 Å². The molecule has 1 saturated heterocycles. The van der Waals surface area contributed by atoms with Crippen molar-refractivity contribution in [2.75, 3.05) is 24.7 Å². The van der Waals surface area contributed by atoms with Gasteiger partial charge in [0.25, 0.3) is 0 Å². The maximum absolute atomic E-state index is 12.8. The molecule has 1 aliphatic heterocycles. The van der Waals surface area contributed by atoms with Gasteiger partial charge in [0.15, 0.2) is 0 Å². The Morgan fingerprint density at radius 2 is 1.14 bits per heavy atom. The zero-order valence-electron chi connectivity index (χ0n) is 17.6. The topological polar surface area (TPSA) is 52.6 Å². The van der Waals surface area contributed by atoms with E-state index in [1.165, 1.54) is 30.8 Å². The first-order chi connectivity index (χ1) is 13.5. The Hall–Kier alpha value is -0.360. The van der Waals surface area contributed by atoms with Crippen LogP contribution in [0.25, 0.3) is 0 Å². The van der Waals surface area contributed by atoms with Crippen LogP contribution in [0.4, 0.5) is 0 Å². The van der Waals surface area contributed by atoms with Gasteiger partial charge in [0, 0.05) is 0 Å². The van der Waals surface area contributed by atoms with Crippen molar-refractivity contribution in [2.45, 2.75) is 88.6 Å². The minimum absolute atomic E-state index is 0.0943. The molecule has 4 aliphatic rings. The fourth-order valence-corrected chi connectivity index (χ4v) is 8.90. The number of carbonyl (C=O) groups is 2. The average molecular weight is 429 g/mol. The Morgan fingerprint density at radius 3 is 1.57 bits per heavy atom. The Morgan fingerprint density at radius 1 is 0.714 bits per heavy atom. The lowest BCUT2D eigenvalue weighted by molar-refractivity contribution is -0.189. The predicted octanol–water partition coefficient (Wildman–Crippen LogP) is 5.58. The standard InChI is InChI=1S/C22H36O4S2/c1-3-25-18(23)20-10-5-7-12-22(27-14-9-15-28-22)13-8-6-11-21(16-20,17-20)19(24)26-4-2/h3-17H2,1-2H3. The highest BCUT2D eigenvalue weighted by molar-refractivity contribution is 8.18. The predicted molar refractivity (Wildman–Crippen MR) is 117 cm³/mol. The van der Waals surface area contributed by atoms with E-state index in [0.717, 1.165) is 38.5 Å². The van der Waals surface area contributed by atoms with Crippen LogP contribution in [0.5, 0.6) is 0 Å². The van der Waals surface area contributed by atoms with E-state index in [2.05, 4.69) is 23.5 Å². The molecule has 28 heavy (non-hydrogen) atoms. The molecule has 0 aromatic carbocycles. The smallest absolute Gasteiger partial charge is 0.312 e. The summed E-state index contributed by atoms with van der Waals surface area (Å²) in [6.07, 6.45) is 11.1. The monoisotopic (exact) mass is 428 g/mol. The summed E-state index contributed by atoms with van der Waals surface area (Å²) in [5.41, 5.74) is -0.941. The SMILES string of the molecule is CCOC(=O)C12CCCCC3(CCCCC(C(=O)OCC)(C1)C2)SCCCS3. The molecule has 6 heteroatoms. The first kappa shape index (κ1) is 22.3. The number of esters is 2. The van der Waals surface area contributed by atoms with Gasteiger partial charge >= 0.3 is 11.9 Å². The summed E-state index contributed by atoms with van der Waals surface area (Å²) < 4.78 is 11.2. The second-order valence-electron chi connectivity index (χ2n) is 8.73. The minimum atomic E-state index is -0.470. The highest BCUT2D eigenvalue weighted by Gasteiger charge is 2.63. The summed E-state index contributed by atoms with van der Waals surface area (Å²) in [4.78, 5) is 25.6. The van der Waals surface area contributed by atoms with Crippen LogP contribution in [0, 0.1) is 10.8 Å². The number of carbonyl (C=O) groups excluding carboxylic acids is 2. The summed E-state index contributed by atoms with van der Waals surface area (Å²) >= 11 is 4.31. The highest BCUT2D eigenvalue weighted by Crippen LogP contribution is 2.61. The molecule has 4 nitrogen and oxygen atoms in total. The minimum Gasteiger partial charge on any atom is -0.466 e. The first-order valence-electron chi connectivity index (χ1n) is 11.1. The first-order valence-corrected chi connectivity index (χ1v) is 13.1. The third-order valence-corrected chi connectivity index (χ3v) is 10.3. The van der Waals surface area contributed by atoms with Crippen LogP contribution < -0.4 is 0 Å². The number of thioether (sulfide) groups is 2. The molecule has 3 saturated carbocycles. The van der Waals surface area contributed by atoms with Gasteiger partial charge < -0.3 is 9.47 Å². The number of hydrogen-bond acceptors (Lipinski definition) is 6. The molecule has 0 N–H and O–H groups in total. The van der Waals surface area contributed by atoms with Gasteiger partial charge in [-0.15, -0.1) is 23.5 Å². The van der Waals surface area contributed by atoms with Crippen molar-refractivity contribution in [3.63, 3.8) is 0 Å². The van der Waals surface area contributed by atoms with Gasteiger partial charge in [-0.2, -0.15) is 0 Å². The molecular weight excluding hydrogens is 392 g/mol. The summed E-state index contributed by atoms with van der Waals surface area (Å²) in [5, 5.41) is 0. The molecule has 0 unspecified atom stereocenters. The third-order valence-electron chi connectivity index (χ3n) is 6.72. The molecule has 3 aliphatic carbocycles. The maximum atomic E-state index is 12.8. The van der Waals surface area contributed by atoms with E-state index >= 15 is 0 Å². The zero-order valence-corrected chi connectivity index (χ0v) is 19.2. The Labute approximate surface area is 178 Å². The fourth-order valence-electron chi connectivity index (χ4n) is 5.40. The summed E-state index contributed by atoms with van der Waals surface area (Å²) in [5.74, 6) is 2.35. The average Bonchev–Trinajstić information content (AvgIpc) is 2.65. The number of ether oxygens (including phenoxy) is 2. The van der Waals surface area contributed by atoms with E-state index < -0.39 is 10.8 Å². The lowest BCUT2D eigenvalue weighted by Gasteiger charge is -2.53. The molecule has 4 rings (SSSR count). The van der Waals surface area contributed by atoms with Gasteiger partial charge in [0.05, 0.1) is 28.1 Å². The van der Waals surface area contributed by atoms with Crippen LogP contribution in [-0.4, -0.2) is 40.7 Å². The van der Waals surface area contributed by atoms with Crippen LogP contribution in [0.1, 0.15) is 84.5 Å². The van der Waals surface area contributed by atoms with E-state index in [1.807, 2.05) is 13.8 Å². The summed E-state index contributed by atoms with van der Waals surface area (Å²) in [6, 6.07) is 0. The number of rotatable bonds is 4. The van der Waals surface area contributed by atoms with Crippen LogP contribution in [0.3, 0.4) is 0 Å². The Bertz CT molecular complexity index is 511. The molecule has 0 aromatic heterocycles. The molecule has 1 heterocycles. The fraction of sp³-hybridized carbons (Fsp3) is 0.909. The van der Waals surface area contributed by atoms with Gasteiger partial charge in [0.2, 0.25) is 0 Å². The second kappa shape index (κ2) is 9.63. The molecule has 0 radical (unpaired) electrons. The lowest BCUT2D eigenvalue weighted by atomic mass is 9.49. The Balaban J connectivity index is 1.75. The van der Waals surface area contributed by atoms with E-state index in [9.17, 15) is 9.59 Å². The van der Waals surface area contributed by atoms with Crippen molar-refractivity contribution >= 4 is 35.5 Å². The quantitative estimate of drug-likeness (QED) is 0.545. The van der Waals surface area contributed by atoms with Gasteiger partial charge in [-0.1, -0.05) is 25.7 Å². The van der Waals surface area contributed by atoms with E-state index in [4.69, 9.17) is 9.47 Å². The summed E-state index contributed by atoms with van der Waals surface area (Å²) in [7, 11) is 0. The third kappa shape index (κ3) is 4.69. The molecule has 0 aromatic rings. The van der Waals surface area contributed by atoms with E-state index in [-0.39, 0.29) is 11.9 Å². The second-order valence-corrected chi connectivity index (χ2v) is 11.9. The van der Waals surface area contributed by atoms with Crippen molar-refractivity contribution in [1.82, 2.24) is 0 Å². The molecule has 0 atom stereocenters. The normalized spacial score (nSPS) is 33.1. The van der Waals surface area contributed by atoms with Gasteiger partial charge in [0.1, 0.15) is 0 Å². The molecule has 4 fully saturated rings. The highest BCUT2D eigenvalue weighted by atomic mass is 32.2. The van der Waals surface area contributed by atoms with Crippen molar-refractivity contribution < 1.29 is 19.1 Å². The molecular formula is C22H36O4S2.